The Bertz CT molecular complexity index is 1030. The lowest BCUT2D eigenvalue weighted by Gasteiger charge is -2.27. The second kappa shape index (κ2) is 8.47. The highest BCUT2D eigenvalue weighted by Gasteiger charge is 2.32. The minimum atomic E-state index is -3.36. The van der Waals surface area contributed by atoms with Gasteiger partial charge >= 0.3 is 0 Å². The van der Waals surface area contributed by atoms with Crippen LogP contribution >= 0.6 is 23.1 Å². The molecule has 0 saturated carbocycles. The topological polar surface area (TPSA) is 97.6 Å². The summed E-state index contributed by atoms with van der Waals surface area (Å²) in [5.74, 6) is 1.77. The lowest BCUT2D eigenvalue weighted by Crippen LogP contribution is -2.42. The molecular formula is C19H22N4O3S3. The first kappa shape index (κ1) is 20.4. The summed E-state index contributed by atoms with van der Waals surface area (Å²) in [4.78, 5) is 6.19. The molecule has 10 heteroatoms. The minimum absolute atomic E-state index is 0.0618. The predicted molar refractivity (Wildman–Crippen MR) is 119 cm³/mol. The van der Waals surface area contributed by atoms with E-state index < -0.39 is 10.0 Å². The number of hydrogen-bond donors (Lipinski definition) is 2. The molecule has 29 heavy (non-hydrogen) atoms. The van der Waals surface area contributed by atoms with Gasteiger partial charge in [0, 0.05) is 42.1 Å². The molecule has 1 aromatic carbocycles. The Morgan fingerprint density at radius 3 is 2.62 bits per heavy atom. The molecule has 0 bridgehead atoms. The molecule has 0 amide bonds. The number of thiazole rings is 1. The number of nitrogens with one attached hydrogen (secondary N) is 1. The highest BCUT2D eigenvalue weighted by molar-refractivity contribution is 7.99. The van der Waals surface area contributed by atoms with Crippen molar-refractivity contribution in [3.05, 3.63) is 46.5 Å². The number of aliphatic hydroxyl groups is 1. The number of aromatic nitrogens is 1. The van der Waals surface area contributed by atoms with Crippen LogP contribution in [0.1, 0.15) is 5.01 Å². The van der Waals surface area contributed by atoms with Crippen molar-refractivity contribution in [1.29, 1.82) is 5.41 Å². The Labute approximate surface area is 178 Å². The highest BCUT2D eigenvalue weighted by Crippen LogP contribution is 2.32. The monoisotopic (exact) mass is 450 g/mol. The number of rotatable bonds is 6. The first-order chi connectivity index (χ1) is 14.0. The summed E-state index contributed by atoms with van der Waals surface area (Å²) < 4.78 is 26.7. The number of thioether (sulfide) groups is 1. The SMILES string of the molecule is N=C1C(c2nc(-c3ccccc3)cs2)=C(O)CN1CCS(=O)(=O)N1CCSCC1. The van der Waals surface area contributed by atoms with Crippen LogP contribution in [0.15, 0.2) is 41.5 Å². The summed E-state index contributed by atoms with van der Waals surface area (Å²) in [6.07, 6.45) is 0. The van der Waals surface area contributed by atoms with Crippen LogP contribution in [0.4, 0.5) is 0 Å². The normalized spacial score (nSPS) is 18.6. The molecule has 3 heterocycles. The second-order valence-electron chi connectivity index (χ2n) is 6.82. The van der Waals surface area contributed by atoms with E-state index in [2.05, 4.69) is 4.98 Å². The summed E-state index contributed by atoms with van der Waals surface area (Å²) in [5.41, 5.74) is 2.16. The van der Waals surface area contributed by atoms with Crippen LogP contribution in [0.5, 0.6) is 0 Å². The zero-order valence-corrected chi connectivity index (χ0v) is 18.2. The Morgan fingerprint density at radius 1 is 1.17 bits per heavy atom. The van der Waals surface area contributed by atoms with Crippen LogP contribution in [0.3, 0.4) is 0 Å². The van der Waals surface area contributed by atoms with Gasteiger partial charge in [-0.2, -0.15) is 11.8 Å². The van der Waals surface area contributed by atoms with Crippen molar-refractivity contribution in [3.63, 3.8) is 0 Å². The maximum Gasteiger partial charge on any atom is 0.215 e. The van der Waals surface area contributed by atoms with Gasteiger partial charge in [-0.05, 0) is 0 Å². The van der Waals surface area contributed by atoms with E-state index in [-0.39, 0.29) is 30.4 Å². The van der Waals surface area contributed by atoms with Crippen LogP contribution in [0, 0.1) is 5.41 Å². The molecule has 2 aliphatic heterocycles. The molecule has 1 fully saturated rings. The lowest BCUT2D eigenvalue weighted by atomic mass is 10.2. The number of amidine groups is 1. The van der Waals surface area contributed by atoms with E-state index in [4.69, 9.17) is 5.41 Å². The van der Waals surface area contributed by atoms with Crippen molar-refractivity contribution in [2.24, 2.45) is 0 Å². The van der Waals surface area contributed by atoms with Crippen molar-refractivity contribution < 1.29 is 13.5 Å². The van der Waals surface area contributed by atoms with Gasteiger partial charge in [-0.1, -0.05) is 30.3 Å². The van der Waals surface area contributed by atoms with Crippen molar-refractivity contribution in [1.82, 2.24) is 14.2 Å². The Hall–Kier alpha value is -1.88. The van der Waals surface area contributed by atoms with E-state index in [0.29, 0.717) is 23.7 Å². The van der Waals surface area contributed by atoms with Gasteiger partial charge in [0.05, 0.1) is 23.6 Å². The highest BCUT2D eigenvalue weighted by atomic mass is 32.2. The molecule has 2 aromatic rings. The third-order valence-electron chi connectivity index (χ3n) is 4.95. The average molecular weight is 451 g/mol. The van der Waals surface area contributed by atoms with Crippen LogP contribution in [0.25, 0.3) is 16.8 Å². The Balaban J connectivity index is 1.44. The molecule has 4 rings (SSSR count). The molecule has 0 unspecified atom stereocenters. The van der Waals surface area contributed by atoms with Crippen molar-refractivity contribution in [3.8, 4) is 11.3 Å². The Morgan fingerprint density at radius 2 is 1.90 bits per heavy atom. The standard InChI is InChI=1S/C19H22N4O3S3/c20-18-17(19-21-15(13-28-19)14-4-2-1-3-5-14)16(24)12-22(18)8-11-29(25,26)23-6-9-27-10-7-23/h1-5,13,20,24H,6-12H2. The molecule has 154 valence electrons. The molecule has 0 aliphatic carbocycles. The van der Waals surface area contributed by atoms with Gasteiger partial charge in [-0.25, -0.2) is 17.7 Å². The zero-order chi connectivity index (χ0) is 20.4. The van der Waals surface area contributed by atoms with Gasteiger partial charge in [0.1, 0.15) is 16.6 Å². The van der Waals surface area contributed by atoms with Gasteiger partial charge in [0.2, 0.25) is 10.0 Å². The largest absolute Gasteiger partial charge is 0.510 e. The molecule has 1 saturated heterocycles. The van der Waals surface area contributed by atoms with E-state index in [1.165, 1.54) is 15.6 Å². The summed E-state index contributed by atoms with van der Waals surface area (Å²) in [6.45, 7) is 1.40. The maximum atomic E-state index is 12.6. The van der Waals surface area contributed by atoms with Gasteiger partial charge in [-0.15, -0.1) is 11.3 Å². The van der Waals surface area contributed by atoms with E-state index in [1.54, 1.807) is 16.7 Å². The van der Waals surface area contributed by atoms with Crippen LogP contribution in [0.2, 0.25) is 0 Å². The van der Waals surface area contributed by atoms with Gasteiger partial charge in [0.15, 0.2) is 0 Å². The first-order valence-electron chi connectivity index (χ1n) is 9.28. The maximum absolute atomic E-state index is 12.6. The number of sulfonamides is 1. The van der Waals surface area contributed by atoms with E-state index >= 15 is 0 Å². The van der Waals surface area contributed by atoms with Crippen LogP contribution < -0.4 is 0 Å². The van der Waals surface area contributed by atoms with Crippen LogP contribution in [-0.4, -0.2) is 77.0 Å². The zero-order valence-electron chi connectivity index (χ0n) is 15.7. The number of aliphatic hydroxyl groups excluding tert-OH is 1. The third-order valence-corrected chi connectivity index (χ3v) is 8.61. The molecule has 7 nitrogen and oxygen atoms in total. The van der Waals surface area contributed by atoms with Crippen molar-refractivity contribution in [2.45, 2.75) is 0 Å². The van der Waals surface area contributed by atoms with E-state index in [9.17, 15) is 13.5 Å². The smallest absolute Gasteiger partial charge is 0.215 e. The summed E-state index contributed by atoms with van der Waals surface area (Å²) >= 11 is 3.13. The quantitative estimate of drug-likeness (QED) is 0.702. The summed E-state index contributed by atoms with van der Waals surface area (Å²) in [6, 6.07) is 9.73. The third kappa shape index (κ3) is 4.35. The van der Waals surface area contributed by atoms with Crippen molar-refractivity contribution in [2.75, 3.05) is 43.4 Å². The molecular weight excluding hydrogens is 428 g/mol. The number of nitrogens with zero attached hydrogens (tertiary/aromatic N) is 3. The summed E-state index contributed by atoms with van der Waals surface area (Å²) in [7, 11) is -3.36. The van der Waals surface area contributed by atoms with Gasteiger partial charge in [-0.3, -0.25) is 5.41 Å². The van der Waals surface area contributed by atoms with Gasteiger partial charge in [0.25, 0.3) is 0 Å². The van der Waals surface area contributed by atoms with Gasteiger partial charge < -0.3 is 10.0 Å². The predicted octanol–water partition coefficient (Wildman–Crippen LogP) is 2.75. The molecule has 0 radical (unpaired) electrons. The van der Waals surface area contributed by atoms with E-state index in [0.717, 1.165) is 22.8 Å². The number of benzene rings is 1. The fourth-order valence-corrected chi connectivity index (χ4v) is 6.84. The molecule has 2 N–H and O–H groups in total. The Kier molecular flexibility index (Phi) is 5.95. The lowest BCUT2D eigenvalue weighted by molar-refractivity contribution is 0.355. The average Bonchev–Trinajstić information content (AvgIpc) is 3.32. The first-order valence-corrected chi connectivity index (χ1v) is 12.9. The summed E-state index contributed by atoms with van der Waals surface area (Å²) in [5, 5.41) is 21.4. The molecule has 0 spiro atoms. The molecule has 1 aromatic heterocycles. The fourth-order valence-electron chi connectivity index (χ4n) is 3.36. The van der Waals surface area contributed by atoms with Crippen molar-refractivity contribution >= 4 is 44.5 Å². The fraction of sp³-hybridized carbons (Fsp3) is 0.368. The number of hydrogen-bond acceptors (Lipinski definition) is 7. The van der Waals surface area contributed by atoms with E-state index in [1.807, 2.05) is 35.7 Å². The van der Waals surface area contributed by atoms with Crippen LogP contribution in [-0.2, 0) is 10.0 Å². The molecule has 2 aliphatic rings. The second-order valence-corrected chi connectivity index (χ2v) is 11.0. The minimum Gasteiger partial charge on any atom is -0.510 e. The molecule has 0 atom stereocenters.